The van der Waals surface area contributed by atoms with E-state index in [0.29, 0.717) is 0 Å². The Morgan fingerprint density at radius 1 is 1.06 bits per heavy atom. The van der Waals surface area contributed by atoms with Crippen molar-refractivity contribution in [3.63, 3.8) is 0 Å². The maximum Gasteiger partial charge on any atom is 0.151 e. The fourth-order valence-electron chi connectivity index (χ4n) is 1.65. The van der Waals surface area contributed by atoms with Gasteiger partial charge in [-0.05, 0) is 52.1 Å². The molecule has 0 amide bonds. The minimum absolute atomic E-state index is 0.980. The Labute approximate surface area is 112 Å². The molecule has 2 nitrogen and oxygen atoms in total. The first-order valence-corrected chi connectivity index (χ1v) is 6.76. The third kappa shape index (κ3) is 2.10. The van der Waals surface area contributed by atoms with Crippen molar-refractivity contribution in [2.24, 2.45) is 0 Å². The minimum Gasteiger partial charge on any atom is -0.271 e. The van der Waals surface area contributed by atoms with Crippen LogP contribution >= 0.6 is 27.9 Å². The van der Waals surface area contributed by atoms with E-state index in [1.165, 1.54) is 4.90 Å². The van der Waals surface area contributed by atoms with Gasteiger partial charge in [-0.1, -0.05) is 18.2 Å². The molecule has 0 spiro atoms. The molecule has 17 heavy (non-hydrogen) atoms. The Morgan fingerprint density at radius 3 is 2.71 bits per heavy atom. The van der Waals surface area contributed by atoms with E-state index in [2.05, 4.69) is 43.1 Å². The number of fused-ring (bicyclic) bond motifs is 1. The van der Waals surface area contributed by atoms with E-state index < -0.39 is 0 Å². The second-order valence-corrected chi connectivity index (χ2v) is 5.48. The molecule has 0 radical (unpaired) electrons. The van der Waals surface area contributed by atoms with Gasteiger partial charge in [0.25, 0.3) is 0 Å². The van der Waals surface area contributed by atoms with E-state index in [1.54, 1.807) is 11.9 Å². The van der Waals surface area contributed by atoms with Gasteiger partial charge >= 0.3 is 0 Å². The summed E-state index contributed by atoms with van der Waals surface area (Å²) in [7, 11) is 0. The topological polar surface area (TPSA) is 17.8 Å². The number of hydrogen-bond donors (Lipinski definition) is 0. The van der Waals surface area contributed by atoms with Gasteiger partial charge in [-0.2, -0.15) is 0 Å². The number of halogens is 1. The summed E-state index contributed by atoms with van der Waals surface area (Å²) < 4.78 is 3.16. The minimum atomic E-state index is 0.980. The fourth-order valence-corrected chi connectivity index (χ4v) is 2.94. The Morgan fingerprint density at radius 2 is 1.88 bits per heavy atom. The van der Waals surface area contributed by atoms with Gasteiger partial charge in [0.15, 0.2) is 5.65 Å². The molecule has 1 aromatic carbocycles. The van der Waals surface area contributed by atoms with Crippen molar-refractivity contribution in [3.8, 4) is 0 Å². The number of aromatic nitrogens is 2. The molecule has 3 aromatic rings. The summed E-state index contributed by atoms with van der Waals surface area (Å²) in [6.45, 7) is 0. The molecule has 0 aliphatic carbocycles. The highest BCUT2D eigenvalue weighted by Gasteiger charge is 2.05. The number of pyridine rings is 1. The molecule has 84 valence electrons. The van der Waals surface area contributed by atoms with Crippen LogP contribution in [0, 0.1) is 0 Å². The largest absolute Gasteiger partial charge is 0.271 e. The molecule has 2 heterocycles. The quantitative estimate of drug-likeness (QED) is 0.700. The number of nitrogens with zero attached hydrogens (tertiary/aromatic N) is 2. The van der Waals surface area contributed by atoms with Gasteiger partial charge in [0.05, 0.1) is 0 Å². The van der Waals surface area contributed by atoms with Gasteiger partial charge < -0.3 is 0 Å². The molecule has 3 rings (SSSR count). The fraction of sp³-hybridized carbons (Fsp3) is 0. The lowest BCUT2D eigenvalue weighted by molar-refractivity contribution is 1.24. The molecule has 0 unspecified atom stereocenters. The second-order valence-electron chi connectivity index (χ2n) is 3.58. The van der Waals surface area contributed by atoms with Crippen LogP contribution in [0.3, 0.4) is 0 Å². The van der Waals surface area contributed by atoms with Gasteiger partial charge in [-0.15, -0.1) is 0 Å². The van der Waals surface area contributed by atoms with Crippen molar-refractivity contribution in [1.82, 2.24) is 8.96 Å². The predicted molar refractivity (Wildman–Crippen MR) is 75.1 cm³/mol. The molecule has 0 aliphatic rings. The molecule has 0 N–H and O–H groups in total. The van der Waals surface area contributed by atoms with Gasteiger partial charge in [-0.3, -0.25) is 3.97 Å². The van der Waals surface area contributed by atoms with Crippen molar-refractivity contribution < 1.29 is 0 Å². The average molecular weight is 305 g/mol. The highest BCUT2D eigenvalue weighted by Crippen LogP contribution is 2.28. The molecule has 4 heteroatoms. The van der Waals surface area contributed by atoms with Gasteiger partial charge in [-0.25, -0.2) is 4.98 Å². The first kappa shape index (κ1) is 10.9. The lowest BCUT2D eigenvalue weighted by atomic mass is 10.3. The van der Waals surface area contributed by atoms with Crippen molar-refractivity contribution in [3.05, 3.63) is 59.3 Å². The monoisotopic (exact) mass is 304 g/mol. The van der Waals surface area contributed by atoms with Gasteiger partial charge in [0.1, 0.15) is 0 Å². The highest BCUT2D eigenvalue weighted by atomic mass is 79.9. The van der Waals surface area contributed by atoms with Crippen LogP contribution in [0.1, 0.15) is 0 Å². The first-order chi connectivity index (χ1) is 8.34. The number of hydrogen-bond acceptors (Lipinski definition) is 2. The molecule has 0 atom stereocenters. The smallest absolute Gasteiger partial charge is 0.151 e. The normalized spacial score (nSPS) is 10.9. The highest BCUT2D eigenvalue weighted by molar-refractivity contribution is 9.10. The Bertz CT molecular complexity index is 649. The van der Waals surface area contributed by atoms with Crippen molar-refractivity contribution in [2.75, 3.05) is 0 Å². The summed E-state index contributed by atoms with van der Waals surface area (Å²) in [4.78, 5) is 5.61. The van der Waals surface area contributed by atoms with Crippen LogP contribution in [-0.4, -0.2) is 8.96 Å². The van der Waals surface area contributed by atoms with E-state index in [-0.39, 0.29) is 0 Å². The van der Waals surface area contributed by atoms with Crippen LogP contribution in [0.15, 0.2) is 64.2 Å². The Hall–Kier alpha value is -1.26. The average Bonchev–Trinajstić information content (AvgIpc) is 2.76. The van der Waals surface area contributed by atoms with Crippen LogP contribution in [0.25, 0.3) is 11.0 Å². The van der Waals surface area contributed by atoms with Crippen LogP contribution in [-0.2, 0) is 0 Å². The van der Waals surface area contributed by atoms with Crippen molar-refractivity contribution in [1.29, 1.82) is 0 Å². The van der Waals surface area contributed by atoms with E-state index >= 15 is 0 Å². The zero-order valence-electron chi connectivity index (χ0n) is 8.88. The maximum atomic E-state index is 4.41. The van der Waals surface area contributed by atoms with Crippen molar-refractivity contribution in [2.45, 2.75) is 4.90 Å². The summed E-state index contributed by atoms with van der Waals surface area (Å²) in [6, 6.07) is 14.3. The first-order valence-electron chi connectivity index (χ1n) is 5.19. The molecular weight excluding hydrogens is 296 g/mol. The van der Waals surface area contributed by atoms with Crippen LogP contribution in [0.5, 0.6) is 0 Å². The molecular formula is C13H9BrN2S. The summed E-state index contributed by atoms with van der Waals surface area (Å²) in [5.74, 6) is 0. The Balaban J connectivity index is 2.05. The van der Waals surface area contributed by atoms with Gasteiger partial charge in [0.2, 0.25) is 0 Å². The van der Waals surface area contributed by atoms with Crippen LogP contribution in [0.2, 0.25) is 0 Å². The summed E-state index contributed by atoms with van der Waals surface area (Å²) >= 11 is 5.20. The zero-order valence-corrected chi connectivity index (χ0v) is 11.3. The molecule has 0 saturated carbocycles. The van der Waals surface area contributed by atoms with Crippen LogP contribution in [0.4, 0.5) is 0 Å². The van der Waals surface area contributed by atoms with E-state index in [9.17, 15) is 0 Å². The standard InChI is InChI=1S/C13H9BrN2S/c14-12-6-8-15-13-11(12)7-9-16(13)17-10-4-2-1-3-5-10/h1-9H. The van der Waals surface area contributed by atoms with Crippen molar-refractivity contribution >= 4 is 38.9 Å². The number of benzene rings is 1. The summed E-state index contributed by atoms with van der Waals surface area (Å²) in [5.41, 5.74) is 0.980. The molecule has 2 aromatic heterocycles. The Kier molecular flexibility index (Phi) is 2.91. The van der Waals surface area contributed by atoms with E-state index in [0.717, 1.165) is 15.5 Å². The molecule has 0 saturated heterocycles. The SMILES string of the molecule is Brc1ccnc2c1ccn2Sc1ccccc1. The third-order valence-corrected chi connectivity index (χ3v) is 4.11. The number of rotatable bonds is 2. The van der Waals surface area contributed by atoms with Gasteiger partial charge in [0, 0.05) is 27.1 Å². The van der Waals surface area contributed by atoms with Crippen LogP contribution < -0.4 is 0 Å². The van der Waals surface area contributed by atoms with E-state index in [4.69, 9.17) is 0 Å². The van der Waals surface area contributed by atoms with E-state index in [1.807, 2.05) is 36.7 Å². The maximum absolute atomic E-state index is 4.41. The lowest BCUT2D eigenvalue weighted by Crippen LogP contribution is -1.86. The molecule has 0 aliphatic heterocycles. The third-order valence-electron chi connectivity index (χ3n) is 2.45. The molecule has 0 bridgehead atoms. The summed E-state index contributed by atoms with van der Waals surface area (Å²) in [5, 5.41) is 1.14. The summed E-state index contributed by atoms with van der Waals surface area (Å²) in [6.07, 6.45) is 3.86. The second kappa shape index (κ2) is 4.55. The lowest BCUT2D eigenvalue weighted by Gasteiger charge is -2.03. The predicted octanol–water partition coefficient (Wildman–Crippen LogP) is 4.35. The zero-order chi connectivity index (χ0) is 11.7. The molecule has 0 fully saturated rings.